The quantitative estimate of drug-likeness (QED) is 0.407. The molecule has 0 bridgehead atoms. The number of carbonyl (C=O) groups excluding carboxylic acids is 1. The number of Topliss-reactive ketones (excluding diaryl/α,β-unsaturated/α-hetero) is 1. The summed E-state index contributed by atoms with van der Waals surface area (Å²) in [6.45, 7) is 1.90. The van der Waals surface area contributed by atoms with Crippen LogP contribution in [0, 0.1) is 0 Å². The maximum Gasteiger partial charge on any atom is 0.454 e. The van der Waals surface area contributed by atoms with Crippen molar-refractivity contribution < 1.29 is 27.9 Å². The molecule has 1 N–H and O–H groups in total. The summed E-state index contributed by atoms with van der Waals surface area (Å²) in [5.74, 6) is -2.01. The maximum atomic E-state index is 12.7. The Morgan fingerprint density at radius 1 is 1.07 bits per heavy atom. The van der Waals surface area contributed by atoms with Crippen molar-refractivity contribution in [2.24, 2.45) is 0 Å². The zero-order valence-corrected chi connectivity index (χ0v) is 16.4. The lowest BCUT2D eigenvalue weighted by molar-refractivity contribution is -0.137. The first-order valence-corrected chi connectivity index (χ1v) is 9.64. The van der Waals surface area contributed by atoms with Crippen LogP contribution in [0.1, 0.15) is 47.9 Å². The Morgan fingerprint density at radius 3 is 2.37 bits per heavy atom. The van der Waals surface area contributed by atoms with Crippen LogP contribution in [0.4, 0.5) is 13.2 Å². The van der Waals surface area contributed by atoms with Gasteiger partial charge in [0.2, 0.25) is 0 Å². The molecule has 0 aliphatic heterocycles. The summed E-state index contributed by atoms with van der Waals surface area (Å²) in [5.41, 5.74) is 2.42. The van der Waals surface area contributed by atoms with Gasteiger partial charge in [-0.25, -0.2) is 4.98 Å². The molecule has 0 unspecified atom stereocenters. The summed E-state index contributed by atoms with van der Waals surface area (Å²) in [7, 11) is 0. The molecule has 2 aromatic carbocycles. The van der Waals surface area contributed by atoms with Crippen LogP contribution >= 0.6 is 0 Å². The van der Waals surface area contributed by atoms with Crippen molar-refractivity contribution in [1.82, 2.24) is 9.55 Å². The number of halogens is 3. The number of aromatic nitrogens is 2. The molecule has 1 aromatic heterocycles. The second kappa shape index (κ2) is 8.69. The van der Waals surface area contributed by atoms with Crippen LogP contribution in [-0.4, -0.2) is 32.6 Å². The summed E-state index contributed by atoms with van der Waals surface area (Å²) in [4.78, 5) is 26.5. The topological polar surface area (TPSA) is 72.2 Å². The molecule has 5 nitrogen and oxygen atoms in total. The zero-order valence-electron chi connectivity index (χ0n) is 16.4. The Morgan fingerprint density at radius 2 is 1.77 bits per heavy atom. The van der Waals surface area contributed by atoms with Gasteiger partial charge in [0.25, 0.3) is 5.78 Å². The van der Waals surface area contributed by atoms with Crippen LogP contribution in [0.2, 0.25) is 0 Å². The standard InChI is InChI=1S/C22H21F3N2O3/c1-2-19-26-17-13-15(21(30)22(23,24)25)9-12-18(17)27(19)16-10-7-14(8-11-16)5-3-4-6-20(28)29/h7-13H,2-6H2,1H3,(H,28,29). The van der Waals surface area contributed by atoms with E-state index in [1.54, 1.807) is 0 Å². The molecule has 3 rings (SSSR count). The molecule has 3 aromatic rings. The largest absolute Gasteiger partial charge is 0.481 e. The molecule has 0 aliphatic rings. The van der Waals surface area contributed by atoms with Gasteiger partial charge in [-0.15, -0.1) is 0 Å². The Labute approximate surface area is 171 Å². The lowest BCUT2D eigenvalue weighted by atomic mass is 10.1. The number of rotatable bonds is 8. The first-order chi connectivity index (χ1) is 14.2. The Kier molecular flexibility index (Phi) is 6.24. The first kappa shape index (κ1) is 21.5. The molecular weight excluding hydrogens is 397 g/mol. The minimum Gasteiger partial charge on any atom is -0.481 e. The van der Waals surface area contributed by atoms with E-state index in [0.717, 1.165) is 24.1 Å². The van der Waals surface area contributed by atoms with Crippen molar-refractivity contribution in [3.63, 3.8) is 0 Å². The number of ketones is 1. The van der Waals surface area contributed by atoms with E-state index < -0.39 is 23.5 Å². The third kappa shape index (κ3) is 4.69. The predicted octanol–water partition coefficient (Wildman–Crippen LogP) is 5.13. The van der Waals surface area contributed by atoms with Crippen LogP contribution < -0.4 is 0 Å². The van der Waals surface area contributed by atoms with Crippen molar-refractivity contribution in [3.05, 3.63) is 59.4 Å². The highest BCUT2D eigenvalue weighted by Gasteiger charge is 2.39. The third-order valence-corrected chi connectivity index (χ3v) is 4.86. The molecule has 0 fully saturated rings. The minimum absolute atomic E-state index is 0.151. The zero-order chi connectivity index (χ0) is 21.9. The SMILES string of the molecule is CCc1nc2cc(C(=O)C(F)(F)F)ccc2n1-c1ccc(CCCCC(=O)O)cc1. The normalized spacial score (nSPS) is 11.7. The fourth-order valence-corrected chi connectivity index (χ4v) is 3.38. The minimum atomic E-state index is -4.93. The molecule has 0 radical (unpaired) electrons. The van der Waals surface area contributed by atoms with E-state index in [4.69, 9.17) is 5.11 Å². The van der Waals surface area contributed by atoms with Crippen LogP contribution in [0.15, 0.2) is 42.5 Å². The number of hydrogen-bond donors (Lipinski definition) is 1. The summed E-state index contributed by atoms with van der Waals surface area (Å²) < 4.78 is 40.1. The van der Waals surface area contributed by atoms with Crippen LogP contribution in [0.3, 0.4) is 0 Å². The molecule has 8 heteroatoms. The number of aliphatic carboxylic acids is 1. The molecule has 0 aliphatic carbocycles. The number of alkyl halides is 3. The summed E-state index contributed by atoms with van der Waals surface area (Å²) >= 11 is 0. The van der Waals surface area contributed by atoms with Crippen molar-refractivity contribution in [1.29, 1.82) is 0 Å². The van der Waals surface area contributed by atoms with Gasteiger partial charge >= 0.3 is 12.1 Å². The van der Waals surface area contributed by atoms with E-state index in [0.29, 0.717) is 29.7 Å². The fourth-order valence-electron chi connectivity index (χ4n) is 3.38. The highest BCUT2D eigenvalue weighted by atomic mass is 19.4. The molecule has 0 atom stereocenters. The van der Waals surface area contributed by atoms with E-state index >= 15 is 0 Å². The molecule has 0 amide bonds. The number of carboxylic acids is 1. The molecule has 0 saturated carbocycles. The highest BCUT2D eigenvalue weighted by Crippen LogP contribution is 2.27. The smallest absolute Gasteiger partial charge is 0.454 e. The number of carboxylic acid groups (broad SMARTS) is 1. The van der Waals surface area contributed by atoms with Gasteiger partial charge in [0.05, 0.1) is 11.0 Å². The summed E-state index contributed by atoms with van der Waals surface area (Å²) in [5, 5.41) is 8.69. The monoisotopic (exact) mass is 418 g/mol. The second-order valence-corrected chi connectivity index (χ2v) is 7.01. The van der Waals surface area contributed by atoms with Gasteiger partial charge in [0.15, 0.2) is 0 Å². The number of fused-ring (bicyclic) bond motifs is 1. The Hall–Kier alpha value is -3.16. The van der Waals surface area contributed by atoms with Crippen molar-refractivity contribution in [2.75, 3.05) is 0 Å². The Balaban J connectivity index is 1.88. The average Bonchev–Trinajstić information content (AvgIpc) is 3.08. The fraction of sp³-hybridized carbons (Fsp3) is 0.318. The lowest BCUT2D eigenvalue weighted by Crippen LogP contribution is -2.22. The van der Waals surface area contributed by atoms with Crippen molar-refractivity contribution in [2.45, 2.75) is 45.2 Å². The lowest BCUT2D eigenvalue weighted by Gasteiger charge is -2.10. The number of aryl methyl sites for hydroxylation is 2. The van der Waals surface area contributed by atoms with Gasteiger partial charge < -0.3 is 5.11 Å². The number of carbonyl (C=O) groups is 2. The van der Waals surface area contributed by atoms with Gasteiger partial charge in [-0.1, -0.05) is 19.1 Å². The van der Waals surface area contributed by atoms with E-state index in [9.17, 15) is 22.8 Å². The van der Waals surface area contributed by atoms with Gasteiger partial charge in [-0.2, -0.15) is 13.2 Å². The average molecular weight is 418 g/mol. The molecule has 158 valence electrons. The maximum absolute atomic E-state index is 12.7. The molecule has 1 heterocycles. The van der Waals surface area contributed by atoms with Gasteiger partial charge in [0.1, 0.15) is 5.82 Å². The first-order valence-electron chi connectivity index (χ1n) is 9.64. The van der Waals surface area contributed by atoms with Crippen molar-refractivity contribution in [3.8, 4) is 5.69 Å². The number of unbranched alkanes of at least 4 members (excludes halogenated alkanes) is 1. The van der Waals surface area contributed by atoms with E-state index in [2.05, 4.69) is 4.98 Å². The number of imidazole rings is 1. The van der Waals surface area contributed by atoms with Crippen LogP contribution in [-0.2, 0) is 17.6 Å². The third-order valence-electron chi connectivity index (χ3n) is 4.86. The summed E-state index contributed by atoms with van der Waals surface area (Å²) in [6, 6.07) is 11.5. The van der Waals surface area contributed by atoms with Crippen molar-refractivity contribution >= 4 is 22.8 Å². The van der Waals surface area contributed by atoms with E-state index in [1.165, 1.54) is 18.2 Å². The molecule has 0 saturated heterocycles. The molecule has 0 spiro atoms. The van der Waals surface area contributed by atoms with Gasteiger partial charge in [-0.05, 0) is 55.2 Å². The van der Waals surface area contributed by atoms with Crippen LogP contribution in [0.5, 0.6) is 0 Å². The number of nitrogens with zero attached hydrogens (tertiary/aromatic N) is 2. The highest BCUT2D eigenvalue weighted by molar-refractivity contribution is 6.02. The van der Waals surface area contributed by atoms with Gasteiger partial charge in [0, 0.05) is 24.1 Å². The van der Waals surface area contributed by atoms with Crippen LogP contribution in [0.25, 0.3) is 16.7 Å². The number of hydrogen-bond acceptors (Lipinski definition) is 3. The summed E-state index contributed by atoms with van der Waals surface area (Å²) in [6.07, 6.45) is -2.06. The van der Waals surface area contributed by atoms with E-state index in [1.807, 2.05) is 35.8 Å². The van der Waals surface area contributed by atoms with E-state index in [-0.39, 0.29) is 6.42 Å². The Bertz CT molecular complexity index is 1070. The predicted molar refractivity (Wildman–Crippen MR) is 106 cm³/mol. The molecule has 30 heavy (non-hydrogen) atoms. The van der Waals surface area contributed by atoms with Gasteiger partial charge in [-0.3, -0.25) is 14.2 Å². The molecular formula is C22H21F3N2O3. The number of benzene rings is 2. The second-order valence-electron chi connectivity index (χ2n) is 7.01.